The summed E-state index contributed by atoms with van der Waals surface area (Å²) >= 11 is 0. The molecule has 1 saturated heterocycles. The summed E-state index contributed by atoms with van der Waals surface area (Å²) in [6, 6.07) is 5.02. The molecule has 0 spiro atoms. The van der Waals surface area contributed by atoms with Crippen LogP contribution in [-0.2, 0) is 10.0 Å². The Balaban J connectivity index is 1.41. The van der Waals surface area contributed by atoms with Crippen LogP contribution in [0.5, 0.6) is 0 Å². The van der Waals surface area contributed by atoms with Crippen LogP contribution < -0.4 is 10.5 Å². The van der Waals surface area contributed by atoms with Gasteiger partial charge >= 0.3 is 6.09 Å². The number of nitrogens with two attached hydrogens (primary N) is 1. The van der Waals surface area contributed by atoms with Crippen LogP contribution in [0.25, 0.3) is 0 Å². The van der Waals surface area contributed by atoms with Gasteiger partial charge in [-0.3, -0.25) is 0 Å². The molecule has 4 rings (SSSR count). The van der Waals surface area contributed by atoms with E-state index in [1.807, 2.05) is 13.8 Å². The first-order valence-electron chi connectivity index (χ1n) is 12.3. The van der Waals surface area contributed by atoms with Crippen LogP contribution in [0.1, 0.15) is 71.6 Å². The maximum absolute atomic E-state index is 11.7. The lowest BCUT2D eigenvalue weighted by Crippen LogP contribution is -2.41. The van der Waals surface area contributed by atoms with Crippen molar-refractivity contribution in [1.82, 2.24) is 9.88 Å². The van der Waals surface area contributed by atoms with E-state index in [4.69, 9.17) is 5.14 Å². The van der Waals surface area contributed by atoms with Gasteiger partial charge in [0.1, 0.15) is 5.82 Å². The molecule has 3 fully saturated rings. The smallest absolute Gasteiger partial charge is 0.407 e. The number of amides is 1. The summed E-state index contributed by atoms with van der Waals surface area (Å²) in [7, 11) is -3.86. The molecule has 2 saturated carbocycles. The fourth-order valence-corrected chi connectivity index (χ4v) is 6.30. The maximum atomic E-state index is 11.7. The summed E-state index contributed by atoms with van der Waals surface area (Å²) in [6.07, 6.45) is 9.47. The highest BCUT2D eigenvalue weighted by Crippen LogP contribution is 2.51. The first-order chi connectivity index (χ1) is 15.5. The molecule has 2 atom stereocenters. The summed E-state index contributed by atoms with van der Waals surface area (Å²) in [4.78, 5) is 17.4. The van der Waals surface area contributed by atoms with E-state index in [1.54, 1.807) is 17.0 Å². The van der Waals surface area contributed by atoms with Crippen molar-refractivity contribution in [2.45, 2.75) is 88.2 Å². The highest BCUT2D eigenvalue weighted by Gasteiger charge is 2.42. The molecule has 1 amide bonds. The van der Waals surface area contributed by atoms with Gasteiger partial charge in [0.2, 0.25) is 0 Å². The predicted octanol–water partition coefficient (Wildman–Crippen LogP) is 4.28. The Kier molecular flexibility index (Phi) is 6.92. The molecule has 4 N–H and O–H groups in total. The summed E-state index contributed by atoms with van der Waals surface area (Å²) in [5.41, 5.74) is -0.339. The largest absolute Gasteiger partial charge is 0.465 e. The van der Waals surface area contributed by atoms with Crippen molar-refractivity contribution in [1.29, 1.82) is 0 Å². The van der Waals surface area contributed by atoms with Crippen LogP contribution >= 0.6 is 0 Å². The average molecular weight is 479 g/mol. The molecular weight excluding hydrogens is 440 g/mol. The minimum atomic E-state index is -3.86. The van der Waals surface area contributed by atoms with Crippen LogP contribution in [0.4, 0.5) is 10.6 Å². The fraction of sp³-hybridized carbons (Fsp3) is 0.750. The first-order valence-corrected chi connectivity index (χ1v) is 13.8. The van der Waals surface area contributed by atoms with E-state index in [9.17, 15) is 18.3 Å². The van der Waals surface area contributed by atoms with E-state index in [0.717, 1.165) is 43.4 Å². The number of pyridine rings is 1. The van der Waals surface area contributed by atoms with Crippen molar-refractivity contribution in [3.05, 3.63) is 18.2 Å². The van der Waals surface area contributed by atoms with Gasteiger partial charge in [0.05, 0.1) is 0 Å². The third kappa shape index (κ3) is 6.38. The summed E-state index contributed by atoms with van der Waals surface area (Å²) in [5, 5.41) is 18.2. The third-order valence-electron chi connectivity index (χ3n) is 7.78. The number of sulfonamides is 1. The first kappa shape index (κ1) is 24.3. The van der Waals surface area contributed by atoms with Gasteiger partial charge < -0.3 is 15.3 Å². The lowest BCUT2D eigenvalue weighted by atomic mass is 9.87. The number of carbonyl (C=O) groups is 1. The van der Waals surface area contributed by atoms with Crippen molar-refractivity contribution in [2.75, 3.05) is 11.9 Å². The molecule has 1 aliphatic heterocycles. The van der Waals surface area contributed by atoms with Crippen molar-refractivity contribution in [3.8, 4) is 0 Å². The molecule has 1 aromatic heterocycles. The molecule has 2 aliphatic carbocycles. The highest BCUT2D eigenvalue weighted by atomic mass is 32.2. The number of carboxylic acid groups (broad SMARTS) is 1. The molecule has 33 heavy (non-hydrogen) atoms. The Labute approximate surface area is 197 Å². The van der Waals surface area contributed by atoms with E-state index in [1.165, 1.54) is 38.2 Å². The second-order valence-electron chi connectivity index (χ2n) is 11.0. The second-order valence-corrected chi connectivity index (χ2v) is 12.5. The topological polar surface area (TPSA) is 126 Å². The quantitative estimate of drug-likeness (QED) is 0.436. The van der Waals surface area contributed by atoms with Crippen LogP contribution in [-0.4, -0.2) is 47.6 Å². The number of hydrogen-bond acceptors (Lipinski definition) is 5. The summed E-state index contributed by atoms with van der Waals surface area (Å²) < 4.78 is 23.5. The highest BCUT2D eigenvalue weighted by molar-refractivity contribution is 7.89. The maximum Gasteiger partial charge on any atom is 0.407 e. The molecule has 1 aromatic rings. The molecule has 3 aliphatic rings. The number of nitrogens with one attached hydrogen (secondary N) is 1. The number of primary sulfonamides is 1. The summed E-state index contributed by atoms with van der Waals surface area (Å²) in [5.74, 6) is 3.45. The van der Waals surface area contributed by atoms with Gasteiger partial charge in [-0.2, -0.15) is 0 Å². The standard InChI is InChI=1S/C24H38N4O4S/c1-24(2)14-16(15-28(24)23(29)30)6-11-19(12-13-20(17-7-8-17)18-9-10-18)26-21-4-3-5-22(27-21)33(25,31)32/h3-5,16-20H,6-15H2,1-2H3,(H,26,27)(H,29,30)(H2,25,31,32)/t16-,19?/m0/s1. The van der Waals surface area contributed by atoms with Gasteiger partial charge in [0, 0.05) is 18.1 Å². The van der Waals surface area contributed by atoms with E-state index < -0.39 is 16.1 Å². The Bertz CT molecular complexity index is 947. The minimum absolute atomic E-state index is 0.130. The van der Waals surface area contributed by atoms with Gasteiger partial charge in [0.15, 0.2) is 5.03 Å². The van der Waals surface area contributed by atoms with Gasteiger partial charge in [-0.15, -0.1) is 0 Å². The molecule has 184 valence electrons. The predicted molar refractivity (Wildman–Crippen MR) is 127 cm³/mol. The van der Waals surface area contributed by atoms with Crippen molar-refractivity contribution in [2.24, 2.45) is 28.8 Å². The number of nitrogens with zero attached hydrogens (tertiary/aromatic N) is 2. The molecule has 0 bridgehead atoms. The van der Waals surface area contributed by atoms with Gasteiger partial charge in [0.25, 0.3) is 10.0 Å². The van der Waals surface area contributed by atoms with Crippen molar-refractivity contribution in [3.63, 3.8) is 0 Å². The second kappa shape index (κ2) is 9.41. The number of aromatic nitrogens is 1. The molecular formula is C24H38N4O4S. The van der Waals surface area contributed by atoms with E-state index >= 15 is 0 Å². The van der Waals surface area contributed by atoms with Crippen LogP contribution in [0, 0.1) is 23.7 Å². The van der Waals surface area contributed by atoms with E-state index in [0.29, 0.717) is 18.3 Å². The zero-order chi connectivity index (χ0) is 23.8. The van der Waals surface area contributed by atoms with E-state index in [-0.39, 0.29) is 16.6 Å². The minimum Gasteiger partial charge on any atom is -0.465 e. The number of anilines is 1. The van der Waals surface area contributed by atoms with E-state index in [2.05, 4.69) is 10.3 Å². The Morgan fingerprint density at radius 2 is 1.88 bits per heavy atom. The monoisotopic (exact) mass is 478 g/mol. The summed E-state index contributed by atoms with van der Waals surface area (Å²) in [6.45, 7) is 4.56. The number of likely N-dealkylation sites (tertiary alicyclic amines) is 1. The van der Waals surface area contributed by atoms with Crippen molar-refractivity contribution >= 4 is 21.9 Å². The lowest BCUT2D eigenvalue weighted by molar-refractivity contribution is 0.117. The SMILES string of the molecule is CC1(C)C[C@H](CCC(CCC(C2CC2)C2CC2)Nc2cccc(S(N)(=O)=O)n2)CN1C(=O)O. The van der Waals surface area contributed by atoms with Crippen LogP contribution in [0.3, 0.4) is 0 Å². The molecule has 9 heteroatoms. The Morgan fingerprint density at radius 3 is 2.42 bits per heavy atom. The van der Waals surface area contributed by atoms with Gasteiger partial charge in [-0.1, -0.05) is 6.07 Å². The van der Waals surface area contributed by atoms with Gasteiger partial charge in [-0.05, 0) is 107 Å². The zero-order valence-electron chi connectivity index (χ0n) is 19.7. The molecule has 1 unspecified atom stereocenters. The molecule has 0 radical (unpaired) electrons. The fourth-order valence-electron chi connectivity index (χ4n) is 5.80. The average Bonchev–Trinajstić information content (AvgIpc) is 3.64. The van der Waals surface area contributed by atoms with Crippen molar-refractivity contribution < 1.29 is 18.3 Å². The molecule has 2 heterocycles. The lowest BCUT2D eigenvalue weighted by Gasteiger charge is -2.28. The zero-order valence-corrected chi connectivity index (χ0v) is 20.6. The Morgan fingerprint density at radius 1 is 1.21 bits per heavy atom. The Hall–Kier alpha value is -1.87. The third-order valence-corrected chi connectivity index (χ3v) is 8.59. The van der Waals surface area contributed by atoms with Crippen LogP contribution in [0.15, 0.2) is 23.2 Å². The number of hydrogen-bond donors (Lipinski definition) is 3. The van der Waals surface area contributed by atoms with Crippen LogP contribution in [0.2, 0.25) is 0 Å². The molecule has 8 nitrogen and oxygen atoms in total. The normalized spacial score (nSPS) is 23.6. The number of rotatable bonds is 11. The molecule has 0 aromatic carbocycles. The van der Waals surface area contributed by atoms with Gasteiger partial charge in [-0.25, -0.2) is 23.3 Å².